The molecule has 0 aliphatic rings. The molecule has 1 aromatic carbocycles. The Balaban J connectivity index is 0.00000139. The maximum atomic E-state index is 12.7. The fourth-order valence-electron chi connectivity index (χ4n) is 2.71. The first-order valence-corrected chi connectivity index (χ1v) is 8.62. The second kappa shape index (κ2) is 9.65. The van der Waals surface area contributed by atoms with Crippen molar-refractivity contribution in [3.63, 3.8) is 0 Å². The van der Waals surface area contributed by atoms with Gasteiger partial charge in [0.25, 0.3) is 5.56 Å². The minimum Gasteiger partial charge on any atom is -0.506 e. The molecule has 3 rings (SSSR count). The zero-order chi connectivity index (χ0) is 17.3. The van der Waals surface area contributed by atoms with Crippen LogP contribution in [0, 0.1) is 28.2 Å². The second-order valence-corrected chi connectivity index (χ2v) is 6.57. The van der Waals surface area contributed by atoms with E-state index in [0.29, 0.717) is 5.56 Å². The van der Waals surface area contributed by atoms with E-state index in [1.807, 2.05) is 58.9 Å². The number of aromatic hydroxyl groups is 1. The van der Waals surface area contributed by atoms with Crippen LogP contribution in [0.3, 0.4) is 0 Å². The van der Waals surface area contributed by atoms with E-state index in [-0.39, 0.29) is 51.4 Å². The second-order valence-electron chi connectivity index (χ2n) is 5.37. The summed E-state index contributed by atoms with van der Waals surface area (Å²) in [6.07, 6.45) is 0. The van der Waals surface area contributed by atoms with Crippen molar-refractivity contribution in [3.8, 4) is 16.9 Å². The van der Waals surface area contributed by atoms with E-state index in [2.05, 4.69) is 0 Å². The molecule has 0 saturated carbocycles. The van der Waals surface area contributed by atoms with Crippen LogP contribution in [0.15, 0.2) is 29.1 Å². The van der Waals surface area contributed by atoms with Crippen LogP contribution in [0.1, 0.15) is 29.9 Å². The third kappa shape index (κ3) is 4.07. The van der Waals surface area contributed by atoms with Gasteiger partial charge in [0.05, 0.1) is 10.9 Å². The number of pyridine rings is 1. The minimum atomic E-state index is -0.157. The summed E-state index contributed by atoms with van der Waals surface area (Å²) in [7, 11) is 1.77. The molecule has 0 aliphatic carbocycles. The Kier molecular flexibility index (Phi) is 9.28. The van der Waals surface area contributed by atoms with Crippen LogP contribution in [0.2, 0.25) is 0 Å². The number of hydrogen-bond acceptors (Lipinski definition) is 3. The van der Waals surface area contributed by atoms with Crippen molar-refractivity contribution in [2.75, 3.05) is 0 Å². The molecule has 0 atom stereocenters. The first-order valence-electron chi connectivity index (χ1n) is 7.81. The van der Waals surface area contributed by atoms with Gasteiger partial charge < -0.3 is 17.1 Å². The Morgan fingerprint density at radius 3 is 2.20 bits per heavy atom. The van der Waals surface area contributed by atoms with Crippen molar-refractivity contribution < 1.29 is 37.8 Å². The van der Waals surface area contributed by atoms with Gasteiger partial charge in [-0.05, 0) is 37.5 Å². The normalized spacial score (nSPS) is 9.68. The summed E-state index contributed by atoms with van der Waals surface area (Å²) in [4.78, 5) is 14.6. The van der Waals surface area contributed by atoms with Gasteiger partial charge in [-0.3, -0.25) is 4.79 Å². The zero-order valence-electron chi connectivity index (χ0n) is 16.1. The molecule has 3 aromatic rings. The molecule has 1 radical (unpaired) electrons. The van der Waals surface area contributed by atoms with Crippen molar-refractivity contribution in [2.24, 2.45) is 7.05 Å². The summed E-state index contributed by atoms with van der Waals surface area (Å²) in [6.45, 7) is 9.95. The fourth-order valence-corrected chi connectivity index (χ4v) is 3.82. The Bertz CT molecular complexity index is 926. The molecule has 0 fully saturated rings. The Labute approximate surface area is 179 Å². The number of aromatic nitrogens is 1. The summed E-state index contributed by atoms with van der Waals surface area (Å²) >= 11 is 1.54. The van der Waals surface area contributed by atoms with Gasteiger partial charge >= 0.3 is 0 Å². The largest absolute Gasteiger partial charge is 0.506 e. The number of thiophene rings is 1. The maximum Gasteiger partial charge on any atom is 0.263 e. The summed E-state index contributed by atoms with van der Waals surface area (Å²) < 4.78 is 1.64. The van der Waals surface area contributed by atoms with Crippen LogP contribution in [0.4, 0.5) is 0 Å². The van der Waals surface area contributed by atoms with E-state index in [4.69, 9.17) is 0 Å². The first kappa shape index (κ1) is 24.0. The van der Waals surface area contributed by atoms with Crippen molar-refractivity contribution in [3.05, 3.63) is 58.0 Å². The van der Waals surface area contributed by atoms with Crippen LogP contribution < -0.4 is 5.56 Å². The molecule has 133 valence electrons. The van der Waals surface area contributed by atoms with Gasteiger partial charge in [-0.15, -0.1) is 11.3 Å². The molecular formula is C20H26NO2SY-. The molecule has 2 heterocycles. The molecule has 0 aliphatic heterocycles. The SMILES string of the molecule is CC.Cc1ccccc1-c1c(O)c2c(C)c(C)sc2n(C)c1=O.[CH3-].[Y]. The Morgan fingerprint density at radius 1 is 1.08 bits per heavy atom. The quantitative estimate of drug-likeness (QED) is 0.524. The molecule has 1 N–H and O–H groups in total. The summed E-state index contributed by atoms with van der Waals surface area (Å²) in [6, 6.07) is 7.65. The smallest absolute Gasteiger partial charge is 0.263 e. The van der Waals surface area contributed by atoms with E-state index in [1.165, 1.54) is 0 Å². The van der Waals surface area contributed by atoms with E-state index in [1.54, 1.807) is 23.0 Å². The van der Waals surface area contributed by atoms with Gasteiger partial charge in [0.1, 0.15) is 10.6 Å². The number of benzene rings is 1. The van der Waals surface area contributed by atoms with Crippen LogP contribution in [0.5, 0.6) is 5.75 Å². The van der Waals surface area contributed by atoms with Gasteiger partial charge in [0, 0.05) is 44.6 Å². The number of rotatable bonds is 1. The molecule has 0 amide bonds. The zero-order valence-corrected chi connectivity index (χ0v) is 19.8. The molecule has 0 saturated heterocycles. The van der Waals surface area contributed by atoms with E-state index in [0.717, 1.165) is 31.8 Å². The van der Waals surface area contributed by atoms with Gasteiger partial charge in [0.15, 0.2) is 0 Å². The standard InChI is InChI=1S/C17H17NO2S.C2H6.CH3.Y/c1-9-7-5-6-8-12(9)14-15(19)13-10(2)11(3)21-17(13)18(4)16(14)20;1-2;;/h5-8,19H,1-4H3;1-2H3;1H3;/q;;-1;. The topological polar surface area (TPSA) is 42.2 Å². The molecule has 25 heavy (non-hydrogen) atoms. The number of aryl methyl sites for hydroxylation is 4. The molecule has 5 heteroatoms. The Hall–Kier alpha value is -0.966. The van der Waals surface area contributed by atoms with Crippen molar-refractivity contribution in [2.45, 2.75) is 34.6 Å². The van der Waals surface area contributed by atoms with Crippen LogP contribution in [-0.2, 0) is 39.8 Å². The average molecular weight is 433 g/mol. The molecular weight excluding hydrogens is 407 g/mol. The van der Waals surface area contributed by atoms with E-state index in [9.17, 15) is 9.90 Å². The van der Waals surface area contributed by atoms with Crippen LogP contribution in [-0.4, -0.2) is 9.67 Å². The third-order valence-electron chi connectivity index (χ3n) is 4.08. The predicted octanol–water partition coefficient (Wildman–Crippen LogP) is 5.37. The van der Waals surface area contributed by atoms with Crippen molar-refractivity contribution in [1.82, 2.24) is 4.57 Å². The van der Waals surface area contributed by atoms with E-state index < -0.39 is 0 Å². The van der Waals surface area contributed by atoms with Gasteiger partial charge in [-0.1, -0.05) is 38.1 Å². The molecule has 2 aromatic heterocycles. The summed E-state index contributed by atoms with van der Waals surface area (Å²) in [5.41, 5.74) is 3.05. The van der Waals surface area contributed by atoms with Gasteiger partial charge in [0.2, 0.25) is 0 Å². The van der Waals surface area contributed by atoms with Crippen LogP contribution >= 0.6 is 11.3 Å². The average Bonchev–Trinajstić information content (AvgIpc) is 2.85. The minimum absolute atomic E-state index is 0. The summed E-state index contributed by atoms with van der Waals surface area (Å²) in [5.74, 6) is 0.101. The Morgan fingerprint density at radius 2 is 1.64 bits per heavy atom. The maximum absolute atomic E-state index is 12.7. The van der Waals surface area contributed by atoms with Crippen LogP contribution in [0.25, 0.3) is 21.3 Å². The molecule has 3 nitrogen and oxygen atoms in total. The third-order valence-corrected chi connectivity index (χ3v) is 5.36. The predicted molar refractivity (Wildman–Crippen MR) is 106 cm³/mol. The molecule has 0 unspecified atom stereocenters. The van der Waals surface area contributed by atoms with Crippen molar-refractivity contribution in [1.29, 1.82) is 0 Å². The summed E-state index contributed by atoms with van der Waals surface area (Å²) in [5, 5.41) is 11.5. The number of nitrogens with zero attached hydrogens (tertiary/aromatic N) is 1. The van der Waals surface area contributed by atoms with Gasteiger partial charge in [-0.2, -0.15) is 0 Å². The monoisotopic (exact) mass is 433 g/mol. The van der Waals surface area contributed by atoms with Gasteiger partial charge in [-0.25, -0.2) is 0 Å². The fraction of sp³-hybridized carbons (Fsp3) is 0.300. The van der Waals surface area contributed by atoms with Crippen molar-refractivity contribution >= 4 is 21.6 Å². The molecule has 0 spiro atoms. The van der Waals surface area contributed by atoms with E-state index >= 15 is 0 Å². The molecule has 0 bridgehead atoms. The number of fused-ring (bicyclic) bond motifs is 1. The number of hydrogen-bond donors (Lipinski definition) is 1. The first-order chi connectivity index (χ1) is 10.9.